The maximum absolute atomic E-state index is 13.7. The maximum Gasteiger partial charge on any atom is 0.414 e. The zero-order chi connectivity index (χ0) is 17.5. The number of hydrogen-bond donors (Lipinski definition) is 2. The lowest BCUT2D eigenvalue weighted by atomic mass is 9.91. The predicted octanol–water partition coefficient (Wildman–Crippen LogP) is 3.08. The average Bonchev–Trinajstić information content (AvgIpc) is 2.98. The highest BCUT2D eigenvalue weighted by Crippen LogP contribution is 2.32. The van der Waals surface area contributed by atoms with Crippen LogP contribution in [0.5, 0.6) is 0 Å². The SMILES string of the molecule is O=C(c1cc2c(F)cccc2[nH]1)N1CCC(C(O)C(F)(F)F)CC1. The minimum absolute atomic E-state index is 0.0704. The first kappa shape index (κ1) is 16.8. The van der Waals surface area contributed by atoms with Gasteiger partial charge in [0.1, 0.15) is 11.5 Å². The molecular weight excluding hydrogens is 328 g/mol. The van der Waals surface area contributed by atoms with E-state index in [0.717, 1.165) is 0 Å². The van der Waals surface area contributed by atoms with E-state index in [0.29, 0.717) is 10.9 Å². The summed E-state index contributed by atoms with van der Waals surface area (Å²) in [4.78, 5) is 16.7. The molecule has 8 heteroatoms. The van der Waals surface area contributed by atoms with Crippen molar-refractivity contribution in [2.75, 3.05) is 13.1 Å². The van der Waals surface area contributed by atoms with Crippen LogP contribution in [0.3, 0.4) is 0 Å². The van der Waals surface area contributed by atoms with Gasteiger partial charge < -0.3 is 15.0 Å². The van der Waals surface area contributed by atoms with Gasteiger partial charge in [-0.2, -0.15) is 13.2 Å². The molecule has 1 aliphatic rings. The molecule has 1 fully saturated rings. The number of fused-ring (bicyclic) bond motifs is 1. The third kappa shape index (κ3) is 3.10. The molecular formula is C16H16F4N2O2. The Kier molecular flexibility index (Phi) is 4.25. The summed E-state index contributed by atoms with van der Waals surface area (Å²) in [6, 6.07) is 5.85. The molecule has 2 heterocycles. The van der Waals surface area contributed by atoms with E-state index in [1.54, 1.807) is 6.07 Å². The van der Waals surface area contributed by atoms with E-state index in [2.05, 4.69) is 4.98 Å². The monoisotopic (exact) mass is 344 g/mol. The Morgan fingerprint density at radius 3 is 2.54 bits per heavy atom. The first-order valence-electron chi connectivity index (χ1n) is 7.58. The molecule has 1 saturated heterocycles. The van der Waals surface area contributed by atoms with E-state index in [1.165, 1.54) is 23.1 Å². The molecule has 3 rings (SSSR count). The number of halogens is 4. The Labute approximate surface area is 135 Å². The molecule has 24 heavy (non-hydrogen) atoms. The average molecular weight is 344 g/mol. The van der Waals surface area contributed by atoms with Gasteiger partial charge in [0.25, 0.3) is 5.91 Å². The number of amides is 1. The largest absolute Gasteiger partial charge is 0.414 e. The standard InChI is InChI=1S/C16H16F4N2O2/c17-11-2-1-3-12-10(11)8-13(21-12)15(24)22-6-4-9(5-7-22)14(23)16(18,19)20/h1-3,8-9,14,21,23H,4-7H2. The molecule has 4 nitrogen and oxygen atoms in total. The fraction of sp³-hybridized carbons (Fsp3) is 0.438. The molecule has 1 atom stereocenters. The molecule has 1 aromatic heterocycles. The molecule has 1 aromatic carbocycles. The van der Waals surface area contributed by atoms with Gasteiger partial charge >= 0.3 is 6.18 Å². The number of aliphatic hydroxyl groups excluding tert-OH is 1. The summed E-state index contributed by atoms with van der Waals surface area (Å²) in [5.41, 5.74) is 0.686. The van der Waals surface area contributed by atoms with Crippen LogP contribution in [0, 0.1) is 11.7 Å². The van der Waals surface area contributed by atoms with Crippen molar-refractivity contribution < 1.29 is 27.5 Å². The number of piperidine rings is 1. The van der Waals surface area contributed by atoms with Crippen molar-refractivity contribution in [1.29, 1.82) is 0 Å². The second-order valence-electron chi connectivity index (χ2n) is 6.00. The van der Waals surface area contributed by atoms with Crippen LogP contribution in [0.4, 0.5) is 17.6 Å². The van der Waals surface area contributed by atoms with Crippen LogP contribution in [0.25, 0.3) is 10.9 Å². The number of nitrogens with zero attached hydrogens (tertiary/aromatic N) is 1. The van der Waals surface area contributed by atoms with Crippen LogP contribution >= 0.6 is 0 Å². The fourth-order valence-corrected chi connectivity index (χ4v) is 3.09. The summed E-state index contributed by atoms with van der Waals surface area (Å²) in [6.45, 7) is 0.239. The molecule has 2 aromatic rings. The summed E-state index contributed by atoms with van der Waals surface area (Å²) < 4.78 is 51.3. The highest BCUT2D eigenvalue weighted by atomic mass is 19.4. The Balaban J connectivity index is 1.69. The number of likely N-dealkylation sites (tertiary alicyclic amines) is 1. The highest BCUT2D eigenvalue weighted by Gasteiger charge is 2.44. The second kappa shape index (κ2) is 6.08. The molecule has 130 valence electrons. The third-order valence-corrected chi connectivity index (χ3v) is 4.45. The van der Waals surface area contributed by atoms with E-state index in [4.69, 9.17) is 0 Å². The minimum atomic E-state index is -4.65. The van der Waals surface area contributed by atoms with E-state index in [9.17, 15) is 27.5 Å². The number of aliphatic hydroxyl groups is 1. The zero-order valence-corrected chi connectivity index (χ0v) is 12.6. The highest BCUT2D eigenvalue weighted by molar-refractivity contribution is 5.98. The summed E-state index contributed by atoms with van der Waals surface area (Å²) in [5.74, 6) is -1.74. The van der Waals surface area contributed by atoms with Crippen molar-refractivity contribution in [3.05, 3.63) is 35.8 Å². The number of aromatic nitrogens is 1. The van der Waals surface area contributed by atoms with Crippen molar-refractivity contribution in [3.63, 3.8) is 0 Å². The van der Waals surface area contributed by atoms with Crippen LogP contribution in [-0.2, 0) is 0 Å². The van der Waals surface area contributed by atoms with Crippen molar-refractivity contribution in [1.82, 2.24) is 9.88 Å². The van der Waals surface area contributed by atoms with Gasteiger partial charge in [-0.25, -0.2) is 4.39 Å². The molecule has 0 spiro atoms. The smallest absolute Gasteiger partial charge is 0.383 e. The van der Waals surface area contributed by atoms with Crippen LogP contribution in [0.2, 0.25) is 0 Å². The third-order valence-electron chi connectivity index (χ3n) is 4.45. The zero-order valence-electron chi connectivity index (χ0n) is 12.6. The van der Waals surface area contributed by atoms with Gasteiger partial charge in [0.2, 0.25) is 0 Å². The van der Waals surface area contributed by atoms with Gasteiger partial charge in [-0.05, 0) is 37.0 Å². The number of benzene rings is 1. The molecule has 1 aliphatic heterocycles. The van der Waals surface area contributed by atoms with Gasteiger partial charge in [0.15, 0.2) is 6.10 Å². The number of rotatable bonds is 2. The van der Waals surface area contributed by atoms with Crippen LogP contribution in [-0.4, -0.2) is 46.3 Å². The van der Waals surface area contributed by atoms with E-state index >= 15 is 0 Å². The van der Waals surface area contributed by atoms with Gasteiger partial charge in [0, 0.05) is 24.0 Å². The van der Waals surface area contributed by atoms with Gasteiger partial charge in [-0.3, -0.25) is 4.79 Å². The van der Waals surface area contributed by atoms with Crippen LogP contribution < -0.4 is 0 Å². The predicted molar refractivity (Wildman–Crippen MR) is 78.9 cm³/mol. The molecule has 0 radical (unpaired) electrons. The lowest BCUT2D eigenvalue weighted by Crippen LogP contribution is -2.45. The number of H-pyrrole nitrogens is 1. The van der Waals surface area contributed by atoms with Crippen molar-refractivity contribution in [2.45, 2.75) is 25.1 Å². The summed E-state index contributed by atoms with van der Waals surface area (Å²) >= 11 is 0. The number of alkyl halides is 3. The van der Waals surface area contributed by atoms with E-state index < -0.39 is 24.0 Å². The molecule has 0 saturated carbocycles. The van der Waals surface area contributed by atoms with E-state index in [-0.39, 0.29) is 37.5 Å². The molecule has 1 amide bonds. The summed E-state index contributed by atoms with van der Waals surface area (Å²) in [5, 5.41) is 9.60. The van der Waals surface area contributed by atoms with Crippen molar-refractivity contribution >= 4 is 16.8 Å². The normalized spacial score (nSPS) is 18.1. The van der Waals surface area contributed by atoms with Gasteiger partial charge in [-0.1, -0.05) is 6.07 Å². The molecule has 0 aliphatic carbocycles. The summed E-state index contributed by atoms with van der Waals surface area (Å²) in [6.07, 6.45) is -6.87. The Morgan fingerprint density at radius 2 is 1.96 bits per heavy atom. The quantitative estimate of drug-likeness (QED) is 0.823. The maximum atomic E-state index is 13.7. The minimum Gasteiger partial charge on any atom is -0.383 e. The molecule has 0 bridgehead atoms. The lowest BCUT2D eigenvalue weighted by Gasteiger charge is -2.34. The lowest BCUT2D eigenvalue weighted by molar-refractivity contribution is -0.222. The Hall–Kier alpha value is -2.09. The number of hydrogen-bond acceptors (Lipinski definition) is 2. The first-order valence-corrected chi connectivity index (χ1v) is 7.58. The van der Waals surface area contributed by atoms with Crippen molar-refractivity contribution in [3.8, 4) is 0 Å². The number of carbonyl (C=O) groups excluding carboxylic acids is 1. The summed E-state index contributed by atoms with van der Waals surface area (Å²) in [7, 11) is 0. The van der Waals surface area contributed by atoms with E-state index in [1.807, 2.05) is 0 Å². The molecule has 2 N–H and O–H groups in total. The topological polar surface area (TPSA) is 56.3 Å². The Bertz CT molecular complexity index is 748. The Morgan fingerprint density at radius 1 is 1.29 bits per heavy atom. The van der Waals surface area contributed by atoms with Gasteiger partial charge in [-0.15, -0.1) is 0 Å². The van der Waals surface area contributed by atoms with Crippen LogP contribution in [0.15, 0.2) is 24.3 Å². The first-order chi connectivity index (χ1) is 11.3. The van der Waals surface area contributed by atoms with Gasteiger partial charge in [0.05, 0.1) is 0 Å². The second-order valence-corrected chi connectivity index (χ2v) is 6.00. The molecule has 1 unspecified atom stereocenters. The number of aromatic amines is 1. The number of nitrogens with one attached hydrogen (secondary N) is 1. The van der Waals surface area contributed by atoms with Crippen molar-refractivity contribution in [2.24, 2.45) is 5.92 Å². The fourth-order valence-electron chi connectivity index (χ4n) is 3.09. The van der Waals surface area contributed by atoms with Crippen LogP contribution in [0.1, 0.15) is 23.3 Å². The number of carbonyl (C=O) groups is 1.